The molecule has 0 aromatic heterocycles. The Morgan fingerprint density at radius 2 is 0.800 bits per heavy atom. The minimum atomic E-state index is -0.771. The summed E-state index contributed by atoms with van der Waals surface area (Å²) >= 11 is 0. The van der Waals surface area contributed by atoms with Crippen molar-refractivity contribution < 1.29 is 47.6 Å². The lowest BCUT2D eigenvalue weighted by atomic mass is 9.99. The quantitative estimate of drug-likeness (QED) is 0.289. The first-order chi connectivity index (χ1) is 16.8. The van der Waals surface area contributed by atoms with Gasteiger partial charge in [-0.15, -0.1) is 0 Å². The van der Waals surface area contributed by atoms with Gasteiger partial charge in [-0.3, -0.25) is 19.2 Å². The van der Waals surface area contributed by atoms with Crippen LogP contribution in [0.25, 0.3) is 0 Å². The Bertz CT molecular complexity index is 982. The zero-order valence-electron chi connectivity index (χ0n) is 20.5. The number of rotatable bonds is 14. The van der Waals surface area contributed by atoms with E-state index in [2.05, 4.69) is 0 Å². The van der Waals surface area contributed by atoms with E-state index in [0.29, 0.717) is 0 Å². The van der Waals surface area contributed by atoms with Gasteiger partial charge in [-0.1, -0.05) is 0 Å². The Morgan fingerprint density at radius 1 is 0.514 bits per heavy atom. The highest BCUT2D eigenvalue weighted by atomic mass is 16.5. The zero-order valence-corrected chi connectivity index (χ0v) is 20.5. The number of Topliss-reactive ketones (excluding diaryl/α,β-unsaturated/α-hetero) is 4. The van der Waals surface area contributed by atoms with E-state index in [1.807, 2.05) is 0 Å². The second kappa shape index (κ2) is 12.4. The van der Waals surface area contributed by atoms with Gasteiger partial charge in [0.15, 0.2) is 23.0 Å². The molecule has 10 nitrogen and oxygen atoms in total. The van der Waals surface area contributed by atoms with Crippen LogP contribution in [0.2, 0.25) is 0 Å². The van der Waals surface area contributed by atoms with E-state index >= 15 is 0 Å². The van der Waals surface area contributed by atoms with Crippen LogP contribution in [0.15, 0.2) is 24.3 Å². The van der Waals surface area contributed by atoms with E-state index in [4.69, 9.17) is 28.4 Å². The van der Waals surface area contributed by atoms with Crippen LogP contribution in [-0.2, 0) is 9.59 Å². The van der Waals surface area contributed by atoms with Gasteiger partial charge in [0.2, 0.25) is 34.6 Å². The maximum Gasteiger partial charge on any atom is 0.228 e. The van der Waals surface area contributed by atoms with Gasteiger partial charge in [-0.2, -0.15) is 0 Å². The molecule has 2 aromatic rings. The fraction of sp³-hybridized carbons (Fsp3) is 0.360. The largest absolute Gasteiger partial charge is 0.493 e. The zero-order chi connectivity index (χ0) is 26.1. The molecule has 0 spiro atoms. The lowest BCUT2D eigenvalue weighted by molar-refractivity contribution is -0.116. The minimum Gasteiger partial charge on any atom is -0.493 e. The Morgan fingerprint density at radius 3 is 1.03 bits per heavy atom. The summed E-state index contributed by atoms with van der Waals surface area (Å²) in [4.78, 5) is 50.1. The fourth-order valence-electron chi connectivity index (χ4n) is 3.38. The van der Waals surface area contributed by atoms with E-state index in [1.54, 1.807) is 0 Å². The number of benzene rings is 2. The van der Waals surface area contributed by atoms with Crippen molar-refractivity contribution in [1.29, 1.82) is 0 Å². The Kier molecular flexibility index (Phi) is 9.63. The van der Waals surface area contributed by atoms with Crippen molar-refractivity contribution >= 4 is 23.1 Å². The molecule has 0 bridgehead atoms. The molecule has 10 heteroatoms. The van der Waals surface area contributed by atoms with Crippen molar-refractivity contribution in [3.63, 3.8) is 0 Å². The highest BCUT2D eigenvalue weighted by Gasteiger charge is 2.24. The normalized spacial score (nSPS) is 10.2. The summed E-state index contributed by atoms with van der Waals surface area (Å²) in [5.74, 6) is -1.48. The molecule has 188 valence electrons. The van der Waals surface area contributed by atoms with Crippen molar-refractivity contribution in [2.24, 2.45) is 0 Å². The molecule has 0 heterocycles. The van der Waals surface area contributed by atoms with Crippen molar-refractivity contribution in [3.05, 3.63) is 35.4 Å². The maximum atomic E-state index is 12.6. The summed E-state index contributed by atoms with van der Waals surface area (Å²) in [6, 6.07) is 5.50. The molecular formula is C25H28O10. The summed E-state index contributed by atoms with van der Waals surface area (Å²) < 4.78 is 31.2. The molecule has 2 rings (SSSR count). The van der Waals surface area contributed by atoms with Gasteiger partial charge in [0, 0.05) is 24.0 Å². The number of ether oxygens (including phenoxy) is 6. The fourth-order valence-corrected chi connectivity index (χ4v) is 3.38. The Hall–Kier alpha value is -4.08. The van der Waals surface area contributed by atoms with E-state index < -0.39 is 23.1 Å². The first kappa shape index (κ1) is 27.2. The minimum absolute atomic E-state index is 0.0179. The van der Waals surface area contributed by atoms with Crippen molar-refractivity contribution in [2.45, 2.75) is 19.3 Å². The van der Waals surface area contributed by atoms with E-state index in [-0.39, 0.29) is 64.9 Å². The molecule has 0 aliphatic carbocycles. The molecule has 0 fully saturated rings. The number of carbonyl (C=O) groups is 4. The summed E-state index contributed by atoms with van der Waals surface area (Å²) in [6.07, 6.45) is -0.419. The van der Waals surface area contributed by atoms with Gasteiger partial charge in [-0.25, -0.2) is 0 Å². The molecule has 2 aromatic carbocycles. The summed E-state index contributed by atoms with van der Waals surface area (Å²) in [7, 11) is 8.41. The van der Waals surface area contributed by atoms with Crippen LogP contribution in [0, 0.1) is 0 Å². The Labute approximate surface area is 203 Å². The molecule has 0 unspecified atom stereocenters. The molecule has 0 atom stereocenters. The first-order valence-corrected chi connectivity index (χ1v) is 10.5. The molecule has 0 aliphatic rings. The van der Waals surface area contributed by atoms with Crippen LogP contribution in [0.5, 0.6) is 34.5 Å². The highest BCUT2D eigenvalue weighted by Crippen LogP contribution is 2.39. The van der Waals surface area contributed by atoms with Gasteiger partial charge in [-0.05, 0) is 30.7 Å². The monoisotopic (exact) mass is 488 g/mol. The lowest BCUT2D eigenvalue weighted by Gasteiger charge is -2.13. The van der Waals surface area contributed by atoms with Crippen LogP contribution in [-0.4, -0.2) is 65.8 Å². The molecule has 35 heavy (non-hydrogen) atoms. The summed E-state index contributed by atoms with van der Waals surface area (Å²) in [5, 5.41) is 0. The van der Waals surface area contributed by atoms with E-state index in [9.17, 15) is 19.2 Å². The second-order valence-corrected chi connectivity index (χ2v) is 7.19. The van der Waals surface area contributed by atoms with Crippen LogP contribution in [0.1, 0.15) is 40.0 Å². The Balaban J connectivity index is 2.07. The third kappa shape index (κ3) is 6.08. The topological polar surface area (TPSA) is 124 Å². The van der Waals surface area contributed by atoms with Gasteiger partial charge < -0.3 is 28.4 Å². The first-order valence-electron chi connectivity index (χ1n) is 10.5. The molecular weight excluding hydrogens is 460 g/mol. The second-order valence-electron chi connectivity index (χ2n) is 7.19. The number of carbonyl (C=O) groups excluding carboxylic acids is 4. The van der Waals surface area contributed by atoms with Gasteiger partial charge in [0.1, 0.15) is 0 Å². The average Bonchev–Trinajstić information content (AvgIpc) is 2.89. The predicted molar refractivity (Wildman–Crippen MR) is 125 cm³/mol. The van der Waals surface area contributed by atoms with Crippen LogP contribution in [0.4, 0.5) is 0 Å². The molecule has 0 saturated carbocycles. The maximum absolute atomic E-state index is 12.6. The third-order valence-electron chi connectivity index (χ3n) is 5.17. The van der Waals surface area contributed by atoms with Crippen molar-refractivity contribution in [3.8, 4) is 34.5 Å². The number of hydrogen-bond acceptors (Lipinski definition) is 10. The van der Waals surface area contributed by atoms with Crippen LogP contribution < -0.4 is 28.4 Å². The van der Waals surface area contributed by atoms with E-state index in [0.717, 1.165) is 0 Å². The summed E-state index contributed by atoms with van der Waals surface area (Å²) in [6.45, 7) is 0. The predicted octanol–water partition coefficient (Wildman–Crippen LogP) is 3.11. The van der Waals surface area contributed by atoms with Crippen molar-refractivity contribution in [1.82, 2.24) is 0 Å². The van der Waals surface area contributed by atoms with Gasteiger partial charge in [0.05, 0.1) is 42.7 Å². The van der Waals surface area contributed by atoms with Crippen LogP contribution >= 0.6 is 0 Å². The standard InChI is InChI=1S/C25H28O10/c1-30-18-10-14(11-19(31-2)24(18)34-5)22(28)16(26)8-7-9-17(27)23(29)15-12-20(32-3)25(35-6)21(13-15)33-4/h10-13H,7-9H2,1-6H3. The SMILES string of the molecule is COc1cc(C(=O)C(=O)CCCC(=O)C(=O)c2cc(OC)c(OC)c(OC)c2)cc(OC)c1OC. The van der Waals surface area contributed by atoms with Crippen molar-refractivity contribution in [2.75, 3.05) is 42.7 Å². The average molecular weight is 488 g/mol. The highest BCUT2D eigenvalue weighted by molar-refractivity contribution is 6.45. The number of ketones is 4. The van der Waals surface area contributed by atoms with Crippen LogP contribution in [0.3, 0.4) is 0 Å². The molecule has 0 aliphatic heterocycles. The number of methoxy groups -OCH3 is 6. The molecule has 0 N–H and O–H groups in total. The van der Waals surface area contributed by atoms with Gasteiger partial charge >= 0.3 is 0 Å². The summed E-state index contributed by atoms with van der Waals surface area (Å²) in [5.41, 5.74) is 0.119. The smallest absolute Gasteiger partial charge is 0.228 e. The van der Waals surface area contributed by atoms with E-state index in [1.165, 1.54) is 66.9 Å². The molecule has 0 radical (unpaired) electrons. The lowest BCUT2D eigenvalue weighted by Crippen LogP contribution is -2.17. The molecule has 0 amide bonds. The number of hydrogen-bond donors (Lipinski definition) is 0. The van der Waals surface area contributed by atoms with Gasteiger partial charge in [0.25, 0.3) is 0 Å². The molecule has 0 saturated heterocycles. The third-order valence-corrected chi connectivity index (χ3v) is 5.17.